The zero-order valence-corrected chi connectivity index (χ0v) is 9.57. The van der Waals surface area contributed by atoms with Gasteiger partial charge in [0.05, 0.1) is 0 Å². The highest BCUT2D eigenvalue weighted by Gasteiger charge is 2.02. The lowest BCUT2D eigenvalue weighted by molar-refractivity contribution is 0.192. The van der Waals surface area contributed by atoms with E-state index in [1.807, 2.05) is 12.3 Å². The van der Waals surface area contributed by atoms with Crippen molar-refractivity contribution in [3.63, 3.8) is 0 Å². The second kappa shape index (κ2) is 7.37. The molecule has 1 rings (SSSR count). The first-order valence-electron chi connectivity index (χ1n) is 5.47. The Balaban J connectivity index is 2.16. The maximum atomic E-state index is 5.00. The van der Waals surface area contributed by atoms with Crippen LogP contribution in [0.25, 0.3) is 0 Å². The molecule has 0 bridgehead atoms. The molecule has 0 spiro atoms. The number of aromatic nitrogens is 1. The highest BCUT2D eigenvalue weighted by molar-refractivity contribution is 5.12. The molecule has 0 aliphatic carbocycles. The molecule has 84 valence electrons. The molecule has 0 radical (unpaired) electrons. The Morgan fingerprint density at radius 1 is 1.47 bits per heavy atom. The van der Waals surface area contributed by atoms with Gasteiger partial charge in [0.1, 0.15) is 0 Å². The monoisotopic (exact) mass is 208 g/mol. The van der Waals surface area contributed by atoms with Crippen LogP contribution in [0.4, 0.5) is 0 Å². The van der Waals surface area contributed by atoms with E-state index in [0.29, 0.717) is 6.04 Å². The second-order valence-electron chi connectivity index (χ2n) is 3.66. The molecule has 15 heavy (non-hydrogen) atoms. The van der Waals surface area contributed by atoms with Crippen LogP contribution in [0.1, 0.15) is 31.4 Å². The maximum Gasteiger partial charge on any atom is 0.0462 e. The number of pyridine rings is 1. The van der Waals surface area contributed by atoms with E-state index in [1.165, 1.54) is 5.56 Å². The summed E-state index contributed by atoms with van der Waals surface area (Å²) in [4.78, 5) is 4.10. The summed E-state index contributed by atoms with van der Waals surface area (Å²) >= 11 is 0. The minimum atomic E-state index is 0.376. The van der Waals surface area contributed by atoms with Crippen molar-refractivity contribution in [1.29, 1.82) is 0 Å². The number of ether oxygens (including phenoxy) is 1. The van der Waals surface area contributed by atoms with E-state index >= 15 is 0 Å². The summed E-state index contributed by atoms with van der Waals surface area (Å²) in [7, 11) is 1.74. The Kier molecular flexibility index (Phi) is 5.97. The third-order valence-corrected chi connectivity index (χ3v) is 2.41. The molecule has 0 saturated heterocycles. The lowest BCUT2D eigenvalue weighted by atomic mass is 10.1. The van der Waals surface area contributed by atoms with Gasteiger partial charge in [0.25, 0.3) is 0 Å². The van der Waals surface area contributed by atoms with Gasteiger partial charge in [-0.1, -0.05) is 6.07 Å². The van der Waals surface area contributed by atoms with Gasteiger partial charge in [0, 0.05) is 32.2 Å². The molecule has 1 heterocycles. The number of hydrogen-bond acceptors (Lipinski definition) is 3. The smallest absolute Gasteiger partial charge is 0.0462 e. The minimum absolute atomic E-state index is 0.376. The molecular formula is C12H20N2O. The van der Waals surface area contributed by atoms with Gasteiger partial charge in [-0.15, -0.1) is 0 Å². The van der Waals surface area contributed by atoms with Gasteiger partial charge in [0.2, 0.25) is 0 Å². The van der Waals surface area contributed by atoms with Crippen molar-refractivity contribution in [3.8, 4) is 0 Å². The normalized spacial score (nSPS) is 12.7. The largest absolute Gasteiger partial charge is 0.385 e. The van der Waals surface area contributed by atoms with Crippen molar-refractivity contribution in [2.45, 2.75) is 25.8 Å². The summed E-state index contributed by atoms with van der Waals surface area (Å²) in [6.07, 6.45) is 5.98. The SMILES string of the molecule is COCCCCNC(C)c1cccnc1. The molecule has 3 heteroatoms. The summed E-state index contributed by atoms with van der Waals surface area (Å²) in [5.41, 5.74) is 1.24. The lowest BCUT2D eigenvalue weighted by Crippen LogP contribution is -2.20. The molecule has 1 atom stereocenters. The molecular weight excluding hydrogens is 188 g/mol. The van der Waals surface area contributed by atoms with E-state index in [4.69, 9.17) is 4.74 Å². The Morgan fingerprint density at radius 2 is 2.33 bits per heavy atom. The first-order valence-corrected chi connectivity index (χ1v) is 5.47. The number of nitrogens with zero attached hydrogens (tertiary/aromatic N) is 1. The predicted octanol–water partition coefficient (Wildman–Crippen LogP) is 2.16. The minimum Gasteiger partial charge on any atom is -0.385 e. The summed E-state index contributed by atoms with van der Waals surface area (Å²) in [6, 6.07) is 4.44. The molecule has 0 aromatic carbocycles. The quantitative estimate of drug-likeness (QED) is 0.697. The van der Waals surface area contributed by atoms with Crippen molar-refractivity contribution in [1.82, 2.24) is 10.3 Å². The Bertz CT molecular complexity index is 251. The van der Waals surface area contributed by atoms with Gasteiger partial charge < -0.3 is 10.1 Å². The molecule has 1 aromatic rings. The van der Waals surface area contributed by atoms with Crippen molar-refractivity contribution >= 4 is 0 Å². The highest BCUT2D eigenvalue weighted by Crippen LogP contribution is 2.09. The van der Waals surface area contributed by atoms with E-state index in [2.05, 4.69) is 23.3 Å². The third-order valence-electron chi connectivity index (χ3n) is 2.41. The molecule has 0 saturated carbocycles. The maximum absolute atomic E-state index is 5.00. The third kappa shape index (κ3) is 4.91. The van der Waals surface area contributed by atoms with Gasteiger partial charge in [0.15, 0.2) is 0 Å². The van der Waals surface area contributed by atoms with Crippen LogP contribution in [0.3, 0.4) is 0 Å². The summed E-state index contributed by atoms with van der Waals surface area (Å²) in [6.45, 7) is 4.04. The fraction of sp³-hybridized carbons (Fsp3) is 0.583. The van der Waals surface area contributed by atoms with E-state index < -0.39 is 0 Å². The second-order valence-corrected chi connectivity index (χ2v) is 3.66. The van der Waals surface area contributed by atoms with E-state index in [1.54, 1.807) is 13.3 Å². The van der Waals surface area contributed by atoms with Crippen molar-refractivity contribution in [3.05, 3.63) is 30.1 Å². The number of methoxy groups -OCH3 is 1. The van der Waals surface area contributed by atoms with Crippen molar-refractivity contribution in [2.24, 2.45) is 0 Å². The first kappa shape index (κ1) is 12.1. The topological polar surface area (TPSA) is 34.1 Å². The van der Waals surface area contributed by atoms with Crippen LogP contribution in [0.5, 0.6) is 0 Å². The van der Waals surface area contributed by atoms with Crippen LogP contribution in [0.2, 0.25) is 0 Å². The van der Waals surface area contributed by atoms with Crippen LogP contribution in [0, 0.1) is 0 Å². The van der Waals surface area contributed by atoms with E-state index in [-0.39, 0.29) is 0 Å². The molecule has 0 aliphatic rings. The van der Waals surface area contributed by atoms with Crippen LogP contribution >= 0.6 is 0 Å². The zero-order valence-electron chi connectivity index (χ0n) is 9.57. The molecule has 1 N–H and O–H groups in total. The molecule has 1 unspecified atom stereocenters. The van der Waals surface area contributed by atoms with Crippen molar-refractivity contribution in [2.75, 3.05) is 20.3 Å². The number of hydrogen-bond donors (Lipinski definition) is 1. The van der Waals surface area contributed by atoms with E-state index in [0.717, 1.165) is 26.0 Å². The van der Waals surface area contributed by atoms with Gasteiger partial charge in [-0.05, 0) is 37.9 Å². The zero-order chi connectivity index (χ0) is 10.9. The summed E-state index contributed by atoms with van der Waals surface area (Å²) in [5, 5.41) is 3.46. The molecule has 0 amide bonds. The van der Waals surface area contributed by atoms with Gasteiger partial charge in [-0.3, -0.25) is 4.98 Å². The molecule has 1 aromatic heterocycles. The predicted molar refractivity (Wildman–Crippen MR) is 61.8 cm³/mol. The molecule has 0 fully saturated rings. The van der Waals surface area contributed by atoms with Gasteiger partial charge >= 0.3 is 0 Å². The van der Waals surface area contributed by atoms with Crippen molar-refractivity contribution < 1.29 is 4.74 Å². The van der Waals surface area contributed by atoms with Gasteiger partial charge in [-0.25, -0.2) is 0 Å². The molecule has 0 aliphatic heterocycles. The number of unbranched alkanes of at least 4 members (excludes halogenated alkanes) is 1. The summed E-state index contributed by atoms with van der Waals surface area (Å²) in [5.74, 6) is 0. The van der Waals surface area contributed by atoms with Crippen LogP contribution in [-0.4, -0.2) is 25.2 Å². The van der Waals surface area contributed by atoms with E-state index in [9.17, 15) is 0 Å². The van der Waals surface area contributed by atoms with Crippen LogP contribution < -0.4 is 5.32 Å². The average Bonchev–Trinajstić information content (AvgIpc) is 2.30. The summed E-state index contributed by atoms with van der Waals surface area (Å²) < 4.78 is 5.00. The number of rotatable bonds is 7. The van der Waals surface area contributed by atoms with Crippen LogP contribution in [-0.2, 0) is 4.74 Å². The number of nitrogens with one attached hydrogen (secondary N) is 1. The fourth-order valence-corrected chi connectivity index (χ4v) is 1.44. The first-order chi connectivity index (χ1) is 7.34. The van der Waals surface area contributed by atoms with Crippen LogP contribution in [0.15, 0.2) is 24.5 Å². The highest BCUT2D eigenvalue weighted by atomic mass is 16.5. The average molecular weight is 208 g/mol. The lowest BCUT2D eigenvalue weighted by Gasteiger charge is -2.13. The fourth-order valence-electron chi connectivity index (χ4n) is 1.44. The van der Waals surface area contributed by atoms with Gasteiger partial charge in [-0.2, -0.15) is 0 Å². The Hall–Kier alpha value is -0.930. The Morgan fingerprint density at radius 3 is 3.00 bits per heavy atom. The molecule has 3 nitrogen and oxygen atoms in total. The Labute approximate surface area is 91.9 Å². The standard InChI is InChI=1S/C12H20N2O/c1-11(12-6-5-7-13-10-12)14-8-3-4-9-15-2/h5-7,10-11,14H,3-4,8-9H2,1-2H3.